The lowest BCUT2D eigenvalue weighted by atomic mass is 10.0. The molecule has 0 amide bonds. The Morgan fingerprint density at radius 3 is 2.58 bits per heavy atom. The van der Waals surface area contributed by atoms with E-state index in [1.54, 1.807) is 0 Å². The fraction of sp³-hybridized carbons (Fsp3) is 0.571. The summed E-state index contributed by atoms with van der Waals surface area (Å²) in [7, 11) is 0. The van der Waals surface area contributed by atoms with Crippen LogP contribution in [0.3, 0.4) is 0 Å². The van der Waals surface area contributed by atoms with Crippen LogP contribution in [-0.4, -0.2) is 12.6 Å². The number of halogens is 4. The van der Waals surface area contributed by atoms with Crippen molar-refractivity contribution in [3.05, 3.63) is 35.1 Å². The number of alkyl halides is 3. The van der Waals surface area contributed by atoms with Crippen LogP contribution in [-0.2, 0) is 6.18 Å². The zero-order valence-electron chi connectivity index (χ0n) is 10.3. The Kier molecular flexibility index (Phi) is 3.04. The maximum Gasteiger partial charge on any atom is 0.416 e. The van der Waals surface area contributed by atoms with E-state index in [4.69, 9.17) is 0 Å². The highest BCUT2D eigenvalue weighted by atomic mass is 19.4. The van der Waals surface area contributed by atoms with Gasteiger partial charge in [0.1, 0.15) is 5.82 Å². The molecule has 1 nitrogen and oxygen atoms in total. The van der Waals surface area contributed by atoms with Crippen molar-refractivity contribution in [2.45, 2.75) is 37.4 Å². The third-order valence-corrected chi connectivity index (χ3v) is 3.89. The van der Waals surface area contributed by atoms with Crippen molar-refractivity contribution < 1.29 is 17.6 Å². The molecule has 2 saturated carbocycles. The van der Waals surface area contributed by atoms with E-state index in [2.05, 4.69) is 5.32 Å². The molecule has 5 heteroatoms. The number of hydrogen-bond donors (Lipinski definition) is 1. The Bertz CT molecular complexity index is 479. The lowest BCUT2D eigenvalue weighted by molar-refractivity contribution is -0.138. The van der Waals surface area contributed by atoms with Crippen LogP contribution in [0, 0.1) is 11.7 Å². The van der Waals surface area contributed by atoms with Gasteiger partial charge in [-0.05, 0) is 55.3 Å². The van der Waals surface area contributed by atoms with Gasteiger partial charge in [0.25, 0.3) is 0 Å². The minimum atomic E-state index is -4.48. The van der Waals surface area contributed by atoms with E-state index in [1.807, 2.05) is 0 Å². The molecular weight excluding hydrogens is 258 g/mol. The van der Waals surface area contributed by atoms with Gasteiger partial charge in [-0.25, -0.2) is 4.39 Å². The van der Waals surface area contributed by atoms with Crippen LogP contribution in [0.25, 0.3) is 0 Å². The third kappa shape index (κ3) is 2.91. The summed E-state index contributed by atoms with van der Waals surface area (Å²) in [5, 5.41) is 3.33. The molecule has 2 aliphatic carbocycles. The number of nitrogens with one attached hydrogen (secondary N) is 1. The molecule has 19 heavy (non-hydrogen) atoms. The highest BCUT2D eigenvalue weighted by Gasteiger charge is 2.44. The van der Waals surface area contributed by atoms with Crippen LogP contribution in [0.4, 0.5) is 17.6 Å². The quantitative estimate of drug-likeness (QED) is 0.825. The van der Waals surface area contributed by atoms with Gasteiger partial charge in [-0.15, -0.1) is 0 Å². The first kappa shape index (κ1) is 12.9. The zero-order chi connectivity index (χ0) is 13.6. The van der Waals surface area contributed by atoms with Crippen LogP contribution in [0.2, 0.25) is 0 Å². The molecular formula is C14H15F4N. The summed E-state index contributed by atoms with van der Waals surface area (Å²) in [5.41, 5.74) is -0.567. The van der Waals surface area contributed by atoms with Gasteiger partial charge in [0.15, 0.2) is 0 Å². The molecule has 0 spiro atoms. The fourth-order valence-corrected chi connectivity index (χ4v) is 2.56. The molecule has 1 aromatic rings. The van der Waals surface area contributed by atoms with E-state index < -0.39 is 17.6 Å². The smallest absolute Gasteiger partial charge is 0.314 e. The maximum absolute atomic E-state index is 13.0. The van der Waals surface area contributed by atoms with Crippen molar-refractivity contribution in [2.24, 2.45) is 5.92 Å². The molecule has 2 atom stereocenters. The molecule has 3 rings (SSSR count). The standard InChI is InChI=1S/C14H15F4N/c15-9-1-4-11(13(6-9)14(16,17)18)12-5-8(12)7-19-10-2-3-10/h1,4,6,8,10,12,19H,2-3,5,7H2. The molecule has 1 N–H and O–H groups in total. The van der Waals surface area contributed by atoms with E-state index in [0.29, 0.717) is 12.1 Å². The first-order chi connectivity index (χ1) is 8.95. The summed E-state index contributed by atoms with van der Waals surface area (Å²) < 4.78 is 51.7. The van der Waals surface area contributed by atoms with Gasteiger partial charge in [-0.2, -0.15) is 13.2 Å². The molecule has 0 aliphatic heterocycles. The van der Waals surface area contributed by atoms with E-state index in [1.165, 1.54) is 18.9 Å². The maximum atomic E-state index is 13.0. The van der Waals surface area contributed by atoms with Gasteiger partial charge in [0.05, 0.1) is 5.56 Å². The summed E-state index contributed by atoms with van der Waals surface area (Å²) in [6.45, 7) is 0.768. The van der Waals surface area contributed by atoms with Crippen molar-refractivity contribution in [1.29, 1.82) is 0 Å². The van der Waals surface area contributed by atoms with Crippen molar-refractivity contribution in [3.63, 3.8) is 0 Å². The van der Waals surface area contributed by atoms with Crippen LogP contribution >= 0.6 is 0 Å². The summed E-state index contributed by atoms with van der Waals surface area (Å²) >= 11 is 0. The minimum Gasteiger partial charge on any atom is -0.314 e. The molecule has 0 aromatic heterocycles. The van der Waals surface area contributed by atoms with Gasteiger partial charge in [0, 0.05) is 6.04 Å². The summed E-state index contributed by atoms with van der Waals surface area (Å²) in [6, 6.07) is 3.59. The monoisotopic (exact) mass is 273 g/mol. The molecule has 0 heterocycles. The molecule has 0 saturated heterocycles. The lowest BCUT2D eigenvalue weighted by Gasteiger charge is -2.13. The van der Waals surface area contributed by atoms with Gasteiger partial charge in [-0.3, -0.25) is 0 Å². The first-order valence-electron chi connectivity index (χ1n) is 6.55. The third-order valence-electron chi connectivity index (χ3n) is 3.89. The average molecular weight is 273 g/mol. The predicted molar refractivity (Wildman–Crippen MR) is 63.3 cm³/mol. The molecule has 2 fully saturated rings. The Balaban J connectivity index is 1.73. The largest absolute Gasteiger partial charge is 0.416 e. The van der Waals surface area contributed by atoms with Crippen molar-refractivity contribution in [1.82, 2.24) is 5.32 Å². The van der Waals surface area contributed by atoms with Gasteiger partial charge >= 0.3 is 6.18 Å². The average Bonchev–Trinajstić information content (AvgIpc) is 3.20. The molecule has 0 radical (unpaired) electrons. The summed E-state index contributed by atoms with van der Waals surface area (Å²) in [5.74, 6) is -0.653. The highest BCUT2D eigenvalue weighted by Crippen LogP contribution is 2.50. The van der Waals surface area contributed by atoms with Gasteiger partial charge in [0.2, 0.25) is 0 Å². The van der Waals surface area contributed by atoms with E-state index >= 15 is 0 Å². The second-order valence-electron chi connectivity index (χ2n) is 5.51. The van der Waals surface area contributed by atoms with Crippen LogP contribution in [0.15, 0.2) is 18.2 Å². The highest BCUT2D eigenvalue weighted by molar-refractivity contribution is 5.37. The Morgan fingerprint density at radius 1 is 1.21 bits per heavy atom. The lowest BCUT2D eigenvalue weighted by Crippen LogP contribution is -2.19. The molecule has 0 bridgehead atoms. The fourth-order valence-electron chi connectivity index (χ4n) is 2.56. The van der Waals surface area contributed by atoms with Crippen molar-refractivity contribution >= 4 is 0 Å². The van der Waals surface area contributed by atoms with E-state index in [9.17, 15) is 17.6 Å². The van der Waals surface area contributed by atoms with E-state index in [0.717, 1.165) is 19.0 Å². The SMILES string of the molecule is Fc1ccc(C2CC2CNC2CC2)c(C(F)(F)F)c1. The van der Waals surface area contributed by atoms with Gasteiger partial charge in [-0.1, -0.05) is 6.07 Å². The molecule has 2 aliphatic rings. The van der Waals surface area contributed by atoms with Crippen molar-refractivity contribution in [3.8, 4) is 0 Å². The predicted octanol–water partition coefficient (Wildman–Crippen LogP) is 3.70. The minimum absolute atomic E-state index is 0.0801. The summed E-state index contributed by atoms with van der Waals surface area (Å²) in [4.78, 5) is 0. The topological polar surface area (TPSA) is 12.0 Å². The van der Waals surface area contributed by atoms with Gasteiger partial charge < -0.3 is 5.32 Å². The normalized spacial score (nSPS) is 26.5. The summed E-state index contributed by atoms with van der Waals surface area (Å²) in [6.07, 6.45) is -1.38. The Hall–Kier alpha value is -1.10. The second-order valence-corrected chi connectivity index (χ2v) is 5.51. The van der Waals surface area contributed by atoms with E-state index in [-0.39, 0.29) is 17.4 Å². The van der Waals surface area contributed by atoms with Crippen LogP contribution in [0.5, 0.6) is 0 Å². The molecule has 104 valence electrons. The molecule has 2 unspecified atom stereocenters. The Labute approximate surface area is 109 Å². The van der Waals surface area contributed by atoms with Crippen LogP contribution in [0.1, 0.15) is 36.3 Å². The number of hydrogen-bond acceptors (Lipinski definition) is 1. The zero-order valence-corrected chi connectivity index (χ0v) is 10.3. The number of rotatable bonds is 4. The number of benzene rings is 1. The molecule has 1 aromatic carbocycles. The Morgan fingerprint density at radius 2 is 1.95 bits per heavy atom. The van der Waals surface area contributed by atoms with Crippen molar-refractivity contribution in [2.75, 3.05) is 6.54 Å². The first-order valence-corrected chi connectivity index (χ1v) is 6.55. The van der Waals surface area contributed by atoms with Crippen LogP contribution < -0.4 is 5.32 Å². The second kappa shape index (κ2) is 4.47.